The van der Waals surface area contributed by atoms with Crippen molar-refractivity contribution in [2.75, 3.05) is 11.5 Å². The Balaban J connectivity index is 2.50. The SMILES string of the molecule is Nc1cc(Cl)c(Br)cc1C(=O)Oc1c(N)c(C(=O)O)cc(Br)c1Cl. The number of aromatic carboxylic acids is 1. The molecule has 2 rings (SSSR count). The number of hydrogen-bond acceptors (Lipinski definition) is 5. The van der Waals surface area contributed by atoms with Crippen molar-refractivity contribution >= 4 is 78.4 Å². The first-order valence-electron chi connectivity index (χ1n) is 6.11. The molecular weight excluding hydrogens is 491 g/mol. The van der Waals surface area contributed by atoms with Gasteiger partial charge in [-0.05, 0) is 50.1 Å². The van der Waals surface area contributed by atoms with Crippen molar-refractivity contribution < 1.29 is 19.4 Å². The maximum atomic E-state index is 12.4. The topological polar surface area (TPSA) is 116 Å². The summed E-state index contributed by atoms with van der Waals surface area (Å²) in [6.45, 7) is 0. The van der Waals surface area contributed by atoms with Crippen molar-refractivity contribution in [3.05, 3.63) is 48.3 Å². The summed E-state index contributed by atoms with van der Waals surface area (Å²) in [6.07, 6.45) is 0. The molecule has 0 aromatic heterocycles. The molecule has 0 saturated heterocycles. The van der Waals surface area contributed by atoms with Crippen molar-refractivity contribution in [1.82, 2.24) is 0 Å². The fraction of sp³-hybridized carbons (Fsp3) is 0. The first-order chi connectivity index (χ1) is 11.1. The van der Waals surface area contributed by atoms with Gasteiger partial charge in [0.15, 0.2) is 5.75 Å². The van der Waals surface area contributed by atoms with E-state index in [1.807, 2.05) is 0 Å². The molecule has 0 atom stereocenters. The van der Waals surface area contributed by atoms with Crippen LogP contribution in [0.25, 0.3) is 0 Å². The molecule has 0 bridgehead atoms. The van der Waals surface area contributed by atoms with E-state index in [0.29, 0.717) is 9.50 Å². The van der Waals surface area contributed by atoms with Gasteiger partial charge in [0.2, 0.25) is 0 Å². The largest absolute Gasteiger partial charge is 0.478 e. The number of carbonyl (C=O) groups is 2. The van der Waals surface area contributed by atoms with Gasteiger partial charge in [-0.15, -0.1) is 0 Å². The van der Waals surface area contributed by atoms with Crippen molar-refractivity contribution in [3.8, 4) is 5.75 Å². The van der Waals surface area contributed by atoms with Crippen LogP contribution in [0, 0.1) is 0 Å². The van der Waals surface area contributed by atoms with E-state index in [-0.39, 0.29) is 37.7 Å². The number of halogens is 4. The highest BCUT2D eigenvalue weighted by Crippen LogP contribution is 2.40. The Bertz CT molecular complexity index is 875. The summed E-state index contributed by atoms with van der Waals surface area (Å²) in [4.78, 5) is 23.6. The number of ether oxygens (including phenoxy) is 1. The van der Waals surface area contributed by atoms with Crippen LogP contribution in [0.15, 0.2) is 27.1 Å². The van der Waals surface area contributed by atoms with Crippen LogP contribution in [0.2, 0.25) is 10.0 Å². The fourth-order valence-electron chi connectivity index (χ4n) is 1.78. The van der Waals surface area contributed by atoms with Crippen molar-refractivity contribution in [2.24, 2.45) is 0 Å². The van der Waals surface area contributed by atoms with E-state index in [2.05, 4.69) is 31.9 Å². The molecule has 5 N–H and O–H groups in total. The van der Waals surface area contributed by atoms with Gasteiger partial charge in [0.25, 0.3) is 0 Å². The molecule has 2 aromatic carbocycles. The zero-order valence-corrected chi connectivity index (χ0v) is 16.3. The minimum atomic E-state index is -1.30. The molecule has 0 aliphatic rings. The van der Waals surface area contributed by atoms with Crippen molar-refractivity contribution in [1.29, 1.82) is 0 Å². The number of carbonyl (C=O) groups excluding carboxylic acids is 1. The van der Waals surface area contributed by atoms with Crippen LogP contribution < -0.4 is 16.2 Å². The molecule has 0 saturated carbocycles. The Hall–Kier alpha value is -1.48. The van der Waals surface area contributed by atoms with E-state index >= 15 is 0 Å². The molecule has 2 aromatic rings. The Labute approximate surface area is 162 Å². The molecule has 10 heteroatoms. The highest BCUT2D eigenvalue weighted by molar-refractivity contribution is 9.10. The zero-order valence-electron chi connectivity index (χ0n) is 11.6. The summed E-state index contributed by atoms with van der Waals surface area (Å²) < 4.78 is 5.82. The number of esters is 1. The number of carboxylic acid groups (broad SMARTS) is 1. The lowest BCUT2D eigenvalue weighted by Crippen LogP contribution is -2.14. The van der Waals surface area contributed by atoms with Gasteiger partial charge in [-0.1, -0.05) is 23.2 Å². The van der Waals surface area contributed by atoms with Crippen molar-refractivity contribution in [2.45, 2.75) is 0 Å². The maximum absolute atomic E-state index is 12.4. The second-order valence-electron chi connectivity index (χ2n) is 4.51. The van der Waals surface area contributed by atoms with Gasteiger partial charge in [-0.3, -0.25) is 0 Å². The zero-order chi connectivity index (χ0) is 18.2. The smallest absolute Gasteiger partial charge is 0.345 e. The third-order valence-corrected chi connectivity index (χ3v) is 5.38. The average Bonchev–Trinajstić information content (AvgIpc) is 2.50. The van der Waals surface area contributed by atoms with E-state index in [9.17, 15) is 9.59 Å². The average molecular weight is 499 g/mol. The lowest BCUT2D eigenvalue weighted by atomic mass is 10.1. The Morgan fingerprint density at radius 2 is 1.62 bits per heavy atom. The number of benzene rings is 2. The molecule has 0 unspecified atom stereocenters. The number of nitrogens with two attached hydrogens (primary N) is 2. The van der Waals surface area contributed by atoms with Gasteiger partial charge in [-0.25, -0.2) is 9.59 Å². The van der Waals surface area contributed by atoms with Gasteiger partial charge in [-0.2, -0.15) is 0 Å². The summed E-state index contributed by atoms with van der Waals surface area (Å²) >= 11 is 18.2. The predicted molar refractivity (Wildman–Crippen MR) is 99.0 cm³/mol. The van der Waals surface area contributed by atoms with Crippen LogP contribution in [0.5, 0.6) is 5.75 Å². The predicted octanol–water partition coefficient (Wildman–Crippen LogP) is 4.60. The third-order valence-electron chi connectivity index (χ3n) is 2.95. The van der Waals surface area contributed by atoms with Gasteiger partial charge >= 0.3 is 11.9 Å². The number of nitrogen functional groups attached to an aromatic ring is 2. The highest BCUT2D eigenvalue weighted by atomic mass is 79.9. The van der Waals surface area contributed by atoms with Gasteiger partial charge in [0, 0.05) is 14.6 Å². The highest BCUT2D eigenvalue weighted by Gasteiger charge is 2.23. The molecule has 0 aliphatic heterocycles. The minimum absolute atomic E-state index is 0.0126. The molecule has 6 nitrogen and oxygen atoms in total. The fourth-order valence-corrected chi connectivity index (χ4v) is 2.90. The molecule has 0 fully saturated rings. The quantitative estimate of drug-likeness (QED) is 0.323. The van der Waals surface area contributed by atoms with Crippen LogP contribution in [-0.4, -0.2) is 17.0 Å². The molecule has 0 heterocycles. The third kappa shape index (κ3) is 3.61. The van der Waals surface area contributed by atoms with Gasteiger partial charge < -0.3 is 21.3 Å². The number of carboxylic acids is 1. The van der Waals surface area contributed by atoms with Gasteiger partial charge in [0.05, 0.1) is 26.9 Å². The van der Waals surface area contributed by atoms with Crippen LogP contribution in [0.3, 0.4) is 0 Å². The molecule has 126 valence electrons. The molecule has 0 aliphatic carbocycles. The van der Waals surface area contributed by atoms with E-state index < -0.39 is 11.9 Å². The lowest BCUT2D eigenvalue weighted by molar-refractivity contribution is 0.0689. The van der Waals surface area contributed by atoms with Crippen LogP contribution >= 0.6 is 55.1 Å². The van der Waals surface area contributed by atoms with E-state index in [1.54, 1.807) is 0 Å². The number of anilines is 2. The van der Waals surface area contributed by atoms with Crippen LogP contribution in [-0.2, 0) is 0 Å². The first-order valence-corrected chi connectivity index (χ1v) is 8.45. The summed E-state index contributed by atoms with van der Waals surface area (Å²) in [6, 6.07) is 3.96. The summed E-state index contributed by atoms with van der Waals surface area (Å²) in [5.74, 6) is -2.44. The maximum Gasteiger partial charge on any atom is 0.345 e. The van der Waals surface area contributed by atoms with E-state index in [4.69, 9.17) is 44.5 Å². The summed E-state index contributed by atoms with van der Waals surface area (Å²) in [5.41, 5.74) is 11.0. The van der Waals surface area contributed by atoms with E-state index in [0.717, 1.165) is 0 Å². The normalized spacial score (nSPS) is 10.5. The monoisotopic (exact) mass is 496 g/mol. The summed E-state index contributed by atoms with van der Waals surface area (Å²) in [7, 11) is 0. The van der Waals surface area contributed by atoms with E-state index in [1.165, 1.54) is 18.2 Å². The minimum Gasteiger partial charge on any atom is -0.478 e. The first kappa shape index (κ1) is 18.9. The van der Waals surface area contributed by atoms with Crippen LogP contribution in [0.1, 0.15) is 20.7 Å². The molecule has 0 spiro atoms. The Morgan fingerprint density at radius 3 is 2.21 bits per heavy atom. The molecular formula is C14H8Br2Cl2N2O4. The lowest BCUT2D eigenvalue weighted by Gasteiger charge is -2.14. The molecule has 24 heavy (non-hydrogen) atoms. The molecule has 0 radical (unpaired) electrons. The standard InChI is InChI=1S/C14H8Br2Cl2N2O4/c15-6-1-4(9(19)3-8(6)17)14(23)24-12-10(18)7(16)2-5(11(12)20)13(21)22/h1-3H,19-20H2,(H,21,22). The number of hydrogen-bond donors (Lipinski definition) is 3. The second kappa shape index (κ2) is 7.18. The Kier molecular flexibility index (Phi) is 5.64. The molecule has 0 amide bonds. The Morgan fingerprint density at radius 1 is 1.04 bits per heavy atom. The van der Waals surface area contributed by atoms with Gasteiger partial charge in [0.1, 0.15) is 0 Å². The van der Waals surface area contributed by atoms with Crippen molar-refractivity contribution in [3.63, 3.8) is 0 Å². The second-order valence-corrected chi connectivity index (χ2v) is 7.00. The van der Waals surface area contributed by atoms with Crippen LogP contribution in [0.4, 0.5) is 11.4 Å². The number of rotatable bonds is 3. The summed E-state index contributed by atoms with van der Waals surface area (Å²) in [5, 5.41) is 9.42.